The van der Waals surface area contributed by atoms with Crippen LogP contribution in [-0.4, -0.2) is 11.9 Å². The SMILES string of the molecule is CC(=O)Nc1ccc(N)cc1OC(C)=O. The van der Waals surface area contributed by atoms with Crippen molar-refractivity contribution in [2.45, 2.75) is 13.8 Å². The number of nitrogen functional groups attached to an aromatic ring is 1. The number of nitrogens with two attached hydrogens (primary N) is 1. The Hall–Kier alpha value is -2.04. The Kier molecular flexibility index (Phi) is 3.28. The largest absolute Gasteiger partial charge is 0.424 e. The molecule has 0 aliphatic rings. The van der Waals surface area contributed by atoms with Crippen LogP contribution in [0.25, 0.3) is 0 Å². The third kappa shape index (κ3) is 3.30. The zero-order valence-corrected chi connectivity index (χ0v) is 8.53. The van der Waals surface area contributed by atoms with Gasteiger partial charge in [0.05, 0.1) is 5.69 Å². The van der Waals surface area contributed by atoms with Crippen LogP contribution in [0.1, 0.15) is 13.8 Å². The summed E-state index contributed by atoms with van der Waals surface area (Å²) in [6.45, 7) is 2.65. The molecule has 0 radical (unpaired) electrons. The first kappa shape index (κ1) is 11.0. The van der Waals surface area contributed by atoms with Crippen molar-refractivity contribution in [2.24, 2.45) is 0 Å². The lowest BCUT2D eigenvalue weighted by Crippen LogP contribution is -2.10. The lowest BCUT2D eigenvalue weighted by molar-refractivity contribution is -0.131. The zero-order valence-electron chi connectivity index (χ0n) is 8.53. The Bertz CT molecular complexity index is 402. The molecule has 0 saturated heterocycles. The summed E-state index contributed by atoms with van der Waals surface area (Å²) in [6.07, 6.45) is 0. The lowest BCUT2D eigenvalue weighted by atomic mass is 10.2. The van der Waals surface area contributed by atoms with E-state index in [9.17, 15) is 9.59 Å². The minimum absolute atomic E-state index is 0.242. The van der Waals surface area contributed by atoms with Gasteiger partial charge in [0.15, 0.2) is 5.75 Å². The predicted octanol–water partition coefficient (Wildman–Crippen LogP) is 1.15. The molecule has 80 valence electrons. The van der Waals surface area contributed by atoms with Crippen molar-refractivity contribution >= 4 is 23.3 Å². The molecule has 0 spiro atoms. The summed E-state index contributed by atoms with van der Waals surface area (Å²) in [5.74, 6) is -0.460. The highest BCUT2D eigenvalue weighted by atomic mass is 16.5. The number of benzene rings is 1. The van der Waals surface area contributed by atoms with E-state index in [4.69, 9.17) is 10.5 Å². The highest BCUT2D eigenvalue weighted by Gasteiger charge is 2.07. The first-order chi connectivity index (χ1) is 6.99. The van der Waals surface area contributed by atoms with Crippen LogP contribution >= 0.6 is 0 Å². The molecule has 0 saturated carbocycles. The summed E-state index contributed by atoms with van der Waals surface area (Å²) >= 11 is 0. The van der Waals surface area contributed by atoms with Crippen molar-refractivity contribution in [1.29, 1.82) is 0 Å². The maximum absolute atomic E-state index is 10.9. The molecular weight excluding hydrogens is 196 g/mol. The number of nitrogens with one attached hydrogen (secondary N) is 1. The van der Waals surface area contributed by atoms with E-state index in [1.54, 1.807) is 12.1 Å². The Morgan fingerprint density at radius 3 is 2.53 bits per heavy atom. The summed E-state index contributed by atoms with van der Waals surface area (Å²) in [6, 6.07) is 4.67. The highest BCUT2D eigenvalue weighted by Crippen LogP contribution is 2.27. The van der Waals surface area contributed by atoms with Crippen LogP contribution in [0.2, 0.25) is 0 Å². The van der Waals surface area contributed by atoms with Gasteiger partial charge in [-0.15, -0.1) is 0 Å². The summed E-state index contributed by atoms with van der Waals surface area (Å²) in [5.41, 5.74) is 6.41. The first-order valence-corrected chi connectivity index (χ1v) is 4.34. The van der Waals surface area contributed by atoms with E-state index < -0.39 is 5.97 Å². The first-order valence-electron chi connectivity index (χ1n) is 4.34. The number of anilines is 2. The molecule has 1 aromatic rings. The van der Waals surface area contributed by atoms with E-state index in [0.717, 1.165) is 0 Å². The molecule has 0 aliphatic carbocycles. The van der Waals surface area contributed by atoms with Gasteiger partial charge in [-0.3, -0.25) is 9.59 Å². The standard InChI is InChI=1S/C10H12N2O3/c1-6(13)12-9-4-3-8(11)5-10(9)15-7(2)14/h3-5H,11H2,1-2H3,(H,12,13). The third-order valence-corrected chi connectivity index (χ3v) is 1.57. The Balaban J connectivity index is 3.02. The van der Waals surface area contributed by atoms with Gasteiger partial charge >= 0.3 is 5.97 Å². The average Bonchev–Trinajstić information content (AvgIpc) is 2.08. The van der Waals surface area contributed by atoms with Crippen LogP contribution in [0.15, 0.2) is 18.2 Å². The van der Waals surface area contributed by atoms with Crippen molar-refractivity contribution in [3.8, 4) is 5.75 Å². The van der Waals surface area contributed by atoms with Crippen molar-refractivity contribution < 1.29 is 14.3 Å². The second kappa shape index (κ2) is 4.45. The van der Waals surface area contributed by atoms with Crippen LogP contribution in [0.3, 0.4) is 0 Å². The zero-order chi connectivity index (χ0) is 11.4. The summed E-state index contributed by atoms with van der Waals surface area (Å²) in [4.78, 5) is 21.6. The minimum atomic E-state index is -0.466. The van der Waals surface area contributed by atoms with Crippen LogP contribution in [-0.2, 0) is 9.59 Å². The smallest absolute Gasteiger partial charge is 0.308 e. The molecule has 0 fully saturated rings. The molecule has 0 bridgehead atoms. The monoisotopic (exact) mass is 208 g/mol. The van der Waals surface area contributed by atoms with Crippen molar-refractivity contribution in [3.63, 3.8) is 0 Å². The fourth-order valence-corrected chi connectivity index (χ4v) is 1.07. The van der Waals surface area contributed by atoms with Gasteiger partial charge in [0.25, 0.3) is 0 Å². The number of hydrogen-bond donors (Lipinski definition) is 2. The van der Waals surface area contributed by atoms with Gasteiger partial charge in [-0.2, -0.15) is 0 Å². The van der Waals surface area contributed by atoms with Crippen molar-refractivity contribution in [2.75, 3.05) is 11.1 Å². The van der Waals surface area contributed by atoms with Crippen LogP contribution in [0.5, 0.6) is 5.75 Å². The molecule has 0 heterocycles. The topological polar surface area (TPSA) is 81.4 Å². The molecule has 1 aromatic carbocycles. The predicted molar refractivity (Wildman–Crippen MR) is 56.5 cm³/mol. The second-order valence-corrected chi connectivity index (χ2v) is 3.03. The molecule has 1 amide bonds. The fourth-order valence-electron chi connectivity index (χ4n) is 1.07. The molecule has 5 nitrogen and oxygen atoms in total. The van der Waals surface area contributed by atoms with Gasteiger partial charge in [-0.1, -0.05) is 0 Å². The van der Waals surface area contributed by atoms with Crippen LogP contribution in [0, 0.1) is 0 Å². The Labute approximate surface area is 87.2 Å². The summed E-state index contributed by atoms with van der Waals surface area (Å²) < 4.78 is 4.89. The molecule has 0 unspecified atom stereocenters. The minimum Gasteiger partial charge on any atom is -0.424 e. The Morgan fingerprint density at radius 2 is 2.00 bits per heavy atom. The van der Waals surface area contributed by atoms with Gasteiger partial charge in [0.2, 0.25) is 5.91 Å². The third-order valence-electron chi connectivity index (χ3n) is 1.57. The second-order valence-electron chi connectivity index (χ2n) is 3.03. The quantitative estimate of drug-likeness (QED) is 0.434. The fraction of sp³-hybridized carbons (Fsp3) is 0.200. The van der Waals surface area contributed by atoms with Gasteiger partial charge in [-0.25, -0.2) is 0 Å². The van der Waals surface area contributed by atoms with Gasteiger partial charge in [0, 0.05) is 25.6 Å². The average molecular weight is 208 g/mol. The Morgan fingerprint density at radius 1 is 1.33 bits per heavy atom. The van der Waals surface area contributed by atoms with E-state index >= 15 is 0 Å². The molecule has 5 heteroatoms. The molecule has 1 rings (SSSR count). The van der Waals surface area contributed by atoms with Gasteiger partial charge < -0.3 is 15.8 Å². The number of ether oxygens (including phenoxy) is 1. The van der Waals surface area contributed by atoms with E-state index in [1.165, 1.54) is 19.9 Å². The molecule has 15 heavy (non-hydrogen) atoms. The number of amides is 1. The number of carbonyl (C=O) groups is 2. The molecule has 0 atom stereocenters. The summed E-state index contributed by atoms with van der Waals surface area (Å²) in [5, 5.41) is 2.53. The van der Waals surface area contributed by atoms with Gasteiger partial charge in [0.1, 0.15) is 0 Å². The normalized spacial score (nSPS) is 9.47. The highest BCUT2D eigenvalue weighted by molar-refractivity contribution is 5.91. The van der Waals surface area contributed by atoms with Crippen LogP contribution in [0.4, 0.5) is 11.4 Å². The van der Waals surface area contributed by atoms with E-state index in [-0.39, 0.29) is 11.7 Å². The lowest BCUT2D eigenvalue weighted by Gasteiger charge is -2.09. The maximum Gasteiger partial charge on any atom is 0.308 e. The molecule has 0 aliphatic heterocycles. The molecule has 0 aromatic heterocycles. The van der Waals surface area contributed by atoms with E-state index in [1.807, 2.05) is 0 Å². The number of hydrogen-bond acceptors (Lipinski definition) is 4. The number of esters is 1. The van der Waals surface area contributed by atoms with Crippen molar-refractivity contribution in [3.05, 3.63) is 18.2 Å². The number of rotatable bonds is 2. The number of carbonyl (C=O) groups excluding carboxylic acids is 2. The molecule has 3 N–H and O–H groups in total. The van der Waals surface area contributed by atoms with Crippen molar-refractivity contribution in [1.82, 2.24) is 0 Å². The molecular formula is C10H12N2O3. The van der Waals surface area contributed by atoms with Gasteiger partial charge in [-0.05, 0) is 12.1 Å². The van der Waals surface area contributed by atoms with Crippen LogP contribution < -0.4 is 15.8 Å². The van der Waals surface area contributed by atoms with E-state index in [2.05, 4.69) is 5.32 Å². The summed E-state index contributed by atoms with van der Waals surface area (Å²) in [7, 11) is 0. The maximum atomic E-state index is 10.9. The van der Waals surface area contributed by atoms with E-state index in [0.29, 0.717) is 11.4 Å².